The second-order valence-corrected chi connectivity index (χ2v) is 8.99. The molecule has 3 rings (SSSR count). The molecule has 0 aliphatic heterocycles. The van der Waals surface area contributed by atoms with Crippen LogP contribution in [-0.4, -0.2) is 31.4 Å². The molecule has 0 spiro atoms. The summed E-state index contributed by atoms with van der Waals surface area (Å²) in [6.45, 7) is 12.8. The lowest BCUT2D eigenvalue weighted by atomic mass is 9.90. The summed E-state index contributed by atoms with van der Waals surface area (Å²) in [7, 11) is 0. The Hall–Kier alpha value is -2.66. The van der Waals surface area contributed by atoms with Gasteiger partial charge in [0.1, 0.15) is 0 Å². The van der Waals surface area contributed by atoms with Gasteiger partial charge in [-0.2, -0.15) is 0 Å². The minimum Gasteiger partial charge on any atom is -0.355 e. The van der Waals surface area contributed by atoms with Gasteiger partial charge in [-0.25, -0.2) is 0 Å². The highest BCUT2D eigenvalue weighted by molar-refractivity contribution is 5.83. The number of nitrogens with two attached hydrogens (primary N) is 1. The van der Waals surface area contributed by atoms with Gasteiger partial charge in [-0.05, 0) is 62.3 Å². The summed E-state index contributed by atoms with van der Waals surface area (Å²) in [4.78, 5) is 21.6. The lowest BCUT2D eigenvalue weighted by Gasteiger charge is -2.18. The summed E-state index contributed by atoms with van der Waals surface area (Å²) in [5, 5.41) is 7.82. The second-order valence-electron chi connectivity index (χ2n) is 8.99. The highest BCUT2D eigenvalue weighted by Crippen LogP contribution is 2.21. The van der Waals surface area contributed by atoms with Gasteiger partial charge in [0.05, 0.1) is 6.54 Å². The third-order valence-electron chi connectivity index (χ3n) is 5.87. The van der Waals surface area contributed by atoms with Crippen LogP contribution < -0.4 is 16.4 Å². The average molecular weight is 498 g/mol. The van der Waals surface area contributed by atoms with E-state index in [1.807, 2.05) is 19.9 Å². The average Bonchev–Trinajstić information content (AvgIpc) is 2.91. The number of hydrogen-bond donors (Lipinski definition) is 3. The van der Waals surface area contributed by atoms with Crippen molar-refractivity contribution in [3.05, 3.63) is 60.7 Å². The summed E-state index contributed by atoms with van der Waals surface area (Å²) in [6.07, 6.45) is 13.2. The zero-order chi connectivity index (χ0) is 27.0. The lowest BCUT2D eigenvalue weighted by Crippen LogP contribution is -2.36. The van der Waals surface area contributed by atoms with E-state index in [1.54, 1.807) is 0 Å². The summed E-state index contributed by atoms with van der Waals surface area (Å²) in [6, 6.07) is 14.9. The van der Waals surface area contributed by atoms with Gasteiger partial charge in [0.25, 0.3) is 0 Å². The Balaban J connectivity index is 0.000000512. The molecular weight excluding hydrogens is 446 g/mol. The molecule has 0 heterocycles. The Morgan fingerprint density at radius 2 is 1.64 bits per heavy atom. The monoisotopic (exact) mass is 497 g/mol. The van der Waals surface area contributed by atoms with Crippen LogP contribution in [0.2, 0.25) is 0 Å². The minimum absolute atomic E-state index is 0.0714. The van der Waals surface area contributed by atoms with Crippen LogP contribution >= 0.6 is 0 Å². The summed E-state index contributed by atoms with van der Waals surface area (Å²) >= 11 is 0. The largest absolute Gasteiger partial charge is 0.355 e. The Morgan fingerprint density at radius 3 is 2.22 bits per heavy atom. The maximum absolute atomic E-state index is 11.1. The molecule has 2 amide bonds. The predicted octanol–water partition coefficient (Wildman–Crippen LogP) is 6.68. The van der Waals surface area contributed by atoms with Crippen LogP contribution in [0.5, 0.6) is 0 Å². The zero-order valence-corrected chi connectivity index (χ0v) is 23.3. The van der Waals surface area contributed by atoms with Gasteiger partial charge in [0, 0.05) is 13.5 Å². The molecule has 1 saturated carbocycles. The van der Waals surface area contributed by atoms with Crippen LogP contribution in [-0.2, 0) is 9.59 Å². The molecule has 0 unspecified atom stereocenters. The van der Waals surface area contributed by atoms with Gasteiger partial charge in [-0.1, -0.05) is 93.6 Å². The first-order chi connectivity index (χ1) is 17.5. The van der Waals surface area contributed by atoms with Crippen LogP contribution in [0.4, 0.5) is 0 Å². The Labute approximate surface area is 220 Å². The van der Waals surface area contributed by atoms with E-state index in [2.05, 4.69) is 66.6 Å². The fourth-order valence-electron chi connectivity index (χ4n) is 3.82. The number of benzene rings is 2. The van der Waals surface area contributed by atoms with E-state index in [9.17, 15) is 9.59 Å². The molecule has 2 aromatic rings. The fraction of sp³-hybridized carbons (Fsp3) is 0.548. The summed E-state index contributed by atoms with van der Waals surface area (Å²) < 4.78 is 0. The van der Waals surface area contributed by atoms with Gasteiger partial charge in [0.2, 0.25) is 11.8 Å². The number of hydrogen-bond acceptors (Lipinski definition) is 3. The van der Waals surface area contributed by atoms with E-state index in [-0.39, 0.29) is 18.4 Å². The van der Waals surface area contributed by atoms with Crippen molar-refractivity contribution in [1.82, 2.24) is 10.6 Å². The molecule has 0 atom stereocenters. The van der Waals surface area contributed by atoms with Crippen molar-refractivity contribution in [3.8, 4) is 0 Å². The maximum atomic E-state index is 11.1. The SMILES string of the molecule is C=CCCCCCNC(=O)CNC(C)=O.CC.Cc1ccc2ccccc2c1.NCC1CCCCC1. The van der Waals surface area contributed by atoms with E-state index in [0.717, 1.165) is 38.1 Å². The van der Waals surface area contributed by atoms with Crippen molar-refractivity contribution >= 4 is 22.6 Å². The number of carbonyl (C=O) groups excluding carboxylic acids is 2. The van der Waals surface area contributed by atoms with Crippen molar-refractivity contribution in [2.24, 2.45) is 11.7 Å². The topological polar surface area (TPSA) is 84.2 Å². The summed E-state index contributed by atoms with van der Waals surface area (Å²) in [5.74, 6) is 0.550. The normalized spacial score (nSPS) is 12.5. The highest BCUT2D eigenvalue weighted by atomic mass is 16.2. The lowest BCUT2D eigenvalue weighted by molar-refractivity contribution is -0.125. The van der Waals surface area contributed by atoms with Gasteiger partial charge >= 0.3 is 0 Å². The van der Waals surface area contributed by atoms with Crippen molar-refractivity contribution in [3.63, 3.8) is 0 Å². The standard InChI is InChI=1S/C11H20N2O2.C11H10.C7H15N.C2H6/c1-3-4-5-6-7-8-12-11(15)9-13-10(2)14;1-9-6-7-10-4-2-3-5-11(10)8-9;8-6-7-4-2-1-3-5-7;1-2/h3H,1,4-9H2,2H3,(H,12,15)(H,13,14);2-8H,1H3;7H,1-6,8H2;1-2H3. The third kappa shape index (κ3) is 17.7. The number of unbranched alkanes of at least 4 members (excludes halogenated alkanes) is 3. The number of carbonyl (C=O) groups is 2. The van der Waals surface area contributed by atoms with Gasteiger partial charge in [-0.3, -0.25) is 9.59 Å². The molecule has 0 radical (unpaired) electrons. The fourth-order valence-corrected chi connectivity index (χ4v) is 3.82. The molecule has 5 heteroatoms. The van der Waals surface area contributed by atoms with Gasteiger partial charge in [0.15, 0.2) is 0 Å². The first-order valence-electron chi connectivity index (χ1n) is 13.7. The van der Waals surface area contributed by atoms with Crippen LogP contribution in [0.3, 0.4) is 0 Å². The molecule has 0 aromatic heterocycles. The van der Waals surface area contributed by atoms with E-state index >= 15 is 0 Å². The van der Waals surface area contributed by atoms with E-state index < -0.39 is 0 Å². The Morgan fingerprint density at radius 1 is 0.972 bits per heavy atom. The maximum Gasteiger partial charge on any atom is 0.239 e. The molecule has 2 aromatic carbocycles. The van der Waals surface area contributed by atoms with E-state index in [1.165, 1.54) is 55.4 Å². The van der Waals surface area contributed by atoms with Crippen molar-refractivity contribution in [1.29, 1.82) is 0 Å². The van der Waals surface area contributed by atoms with Crippen molar-refractivity contribution in [2.45, 2.75) is 85.5 Å². The second kappa shape index (κ2) is 22.8. The molecule has 5 nitrogen and oxygen atoms in total. The molecule has 1 aliphatic carbocycles. The highest BCUT2D eigenvalue weighted by Gasteiger charge is 2.10. The number of aryl methyl sites for hydroxylation is 1. The molecule has 4 N–H and O–H groups in total. The Kier molecular flexibility index (Phi) is 21.1. The van der Waals surface area contributed by atoms with Crippen LogP contribution in [0.15, 0.2) is 55.1 Å². The zero-order valence-electron chi connectivity index (χ0n) is 23.3. The molecule has 1 fully saturated rings. The minimum atomic E-state index is -0.184. The quantitative estimate of drug-likeness (QED) is 0.267. The smallest absolute Gasteiger partial charge is 0.239 e. The third-order valence-corrected chi connectivity index (χ3v) is 5.87. The molecule has 36 heavy (non-hydrogen) atoms. The number of rotatable bonds is 9. The number of fused-ring (bicyclic) bond motifs is 1. The first kappa shape index (κ1) is 33.3. The van der Waals surface area contributed by atoms with Crippen LogP contribution in [0, 0.1) is 12.8 Å². The van der Waals surface area contributed by atoms with Crippen LogP contribution in [0.1, 0.15) is 84.1 Å². The van der Waals surface area contributed by atoms with Gasteiger partial charge in [-0.15, -0.1) is 6.58 Å². The predicted molar refractivity (Wildman–Crippen MR) is 156 cm³/mol. The molecule has 202 valence electrons. The number of allylic oxidation sites excluding steroid dienone is 1. The number of nitrogens with one attached hydrogen (secondary N) is 2. The first-order valence-corrected chi connectivity index (χ1v) is 13.7. The van der Waals surface area contributed by atoms with E-state index in [4.69, 9.17) is 5.73 Å². The molecule has 0 bridgehead atoms. The van der Waals surface area contributed by atoms with Crippen LogP contribution in [0.25, 0.3) is 10.8 Å². The Bertz CT molecular complexity index is 845. The summed E-state index contributed by atoms with van der Waals surface area (Å²) in [5.41, 5.74) is 6.83. The van der Waals surface area contributed by atoms with Crippen molar-refractivity contribution in [2.75, 3.05) is 19.6 Å². The molecular formula is C31H51N3O2. The van der Waals surface area contributed by atoms with E-state index in [0.29, 0.717) is 6.54 Å². The van der Waals surface area contributed by atoms with Gasteiger partial charge < -0.3 is 16.4 Å². The van der Waals surface area contributed by atoms with Crippen molar-refractivity contribution < 1.29 is 9.59 Å². The number of amides is 2. The molecule has 0 saturated heterocycles. The molecule has 1 aliphatic rings.